The highest BCUT2D eigenvalue weighted by molar-refractivity contribution is 7.89. The molecule has 0 aromatic heterocycles. The molecule has 0 bridgehead atoms. The molecule has 1 rings (SSSR count). The van der Waals surface area contributed by atoms with E-state index in [-0.39, 0.29) is 5.75 Å². The first-order valence-electron chi connectivity index (χ1n) is 4.14. The number of rotatable bonds is 4. The number of nitrogens with one attached hydrogen (secondary N) is 1. The van der Waals surface area contributed by atoms with Gasteiger partial charge in [0.15, 0.2) is 0 Å². The first kappa shape index (κ1) is 10.9. The van der Waals surface area contributed by atoms with Crippen LogP contribution in [0.25, 0.3) is 0 Å². The van der Waals surface area contributed by atoms with Crippen LogP contribution in [0.15, 0.2) is 0 Å². The summed E-state index contributed by atoms with van der Waals surface area (Å²) >= 11 is 0. The van der Waals surface area contributed by atoms with Crippen molar-refractivity contribution in [3.63, 3.8) is 0 Å². The number of morpholine rings is 1. The Kier molecular flexibility index (Phi) is 4.11. The van der Waals surface area contributed by atoms with Crippen LogP contribution in [0.5, 0.6) is 0 Å². The fourth-order valence-corrected chi connectivity index (χ4v) is 1.75. The maximum atomic E-state index is 10.9. The Hall–Kier alpha value is -0.170. The van der Waals surface area contributed by atoms with Crippen LogP contribution >= 0.6 is 0 Å². The van der Waals surface area contributed by atoms with E-state index in [2.05, 4.69) is 0 Å². The smallest absolute Gasteiger partial charge is 0.213 e. The molecule has 1 heterocycles. The summed E-state index contributed by atoms with van der Waals surface area (Å²) < 4.78 is 28.8. The maximum Gasteiger partial charge on any atom is 0.213 e. The molecule has 1 aliphatic heterocycles. The van der Waals surface area contributed by atoms with Crippen LogP contribution < -0.4 is 4.72 Å². The number of ether oxygens (including phenoxy) is 1. The molecule has 1 aliphatic rings. The maximum absolute atomic E-state index is 10.9. The van der Waals surface area contributed by atoms with Crippen molar-refractivity contribution >= 4 is 10.0 Å². The van der Waals surface area contributed by atoms with Crippen molar-refractivity contribution in [1.82, 2.24) is 9.62 Å². The zero-order valence-electron chi connectivity index (χ0n) is 7.40. The van der Waals surface area contributed by atoms with Crippen LogP contribution in [0.1, 0.15) is 0 Å². The molecule has 13 heavy (non-hydrogen) atoms. The van der Waals surface area contributed by atoms with Crippen molar-refractivity contribution in [2.24, 2.45) is 0 Å². The van der Waals surface area contributed by atoms with Crippen LogP contribution in [0.3, 0.4) is 0 Å². The van der Waals surface area contributed by atoms with E-state index < -0.39 is 10.0 Å². The molecule has 0 saturated carbocycles. The van der Waals surface area contributed by atoms with E-state index in [9.17, 15) is 8.42 Å². The molecule has 6 heteroatoms. The second kappa shape index (κ2) is 4.90. The van der Waals surface area contributed by atoms with E-state index in [0.29, 0.717) is 19.8 Å². The Morgan fingerprint density at radius 2 is 2.00 bits per heavy atom. The van der Waals surface area contributed by atoms with Crippen LogP contribution in [0, 0.1) is 7.05 Å². The number of hydrogen-bond acceptors (Lipinski definition) is 4. The minimum absolute atomic E-state index is 0.0451. The lowest BCUT2D eigenvalue weighted by molar-refractivity contribution is 0.0408. The van der Waals surface area contributed by atoms with E-state index in [1.165, 1.54) is 0 Å². The third kappa shape index (κ3) is 4.04. The predicted octanol–water partition coefficient (Wildman–Crippen LogP) is -1.09. The number of hydrogen-bond donors (Lipinski definition) is 1. The lowest BCUT2D eigenvalue weighted by atomic mass is 10.4. The Labute approximate surface area is 79.1 Å². The Bertz CT molecular complexity index is 234. The summed E-state index contributed by atoms with van der Waals surface area (Å²) in [5.41, 5.74) is 0. The number of nitrogens with zero attached hydrogens (tertiary/aromatic N) is 1. The lowest BCUT2D eigenvalue weighted by Gasteiger charge is -2.26. The van der Waals surface area contributed by atoms with Gasteiger partial charge in [-0.3, -0.25) is 4.90 Å². The fourth-order valence-electron chi connectivity index (χ4n) is 1.13. The van der Waals surface area contributed by atoms with Gasteiger partial charge < -0.3 is 4.74 Å². The Balaban J connectivity index is 2.25. The molecule has 0 aromatic rings. The molecular formula is C7H14N2O3S. The first-order chi connectivity index (χ1) is 6.14. The van der Waals surface area contributed by atoms with Gasteiger partial charge in [0.1, 0.15) is 0 Å². The summed E-state index contributed by atoms with van der Waals surface area (Å²) in [7, 11) is 1.57. The molecule has 0 spiro atoms. The van der Waals surface area contributed by atoms with E-state index >= 15 is 0 Å². The van der Waals surface area contributed by atoms with Crippen LogP contribution in [-0.2, 0) is 14.8 Å². The molecule has 76 valence electrons. The fraction of sp³-hybridized carbons (Fsp3) is 0.857. The molecule has 0 aromatic carbocycles. The van der Waals surface area contributed by atoms with Gasteiger partial charge in [0.05, 0.1) is 26.0 Å². The van der Waals surface area contributed by atoms with E-state index in [0.717, 1.165) is 13.1 Å². The van der Waals surface area contributed by atoms with Gasteiger partial charge in [-0.25, -0.2) is 13.1 Å². The topological polar surface area (TPSA) is 58.6 Å². The summed E-state index contributed by atoms with van der Waals surface area (Å²) in [6.07, 6.45) is 0. The monoisotopic (exact) mass is 206 g/mol. The second-order valence-electron chi connectivity index (χ2n) is 2.89. The SMILES string of the molecule is [CH]NS(=O)(=O)CCN1CCOCC1. The van der Waals surface area contributed by atoms with Crippen molar-refractivity contribution in [3.8, 4) is 0 Å². The van der Waals surface area contributed by atoms with Gasteiger partial charge in [0.25, 0.3) is 0 Å². The summed E-state index contributed by atoms with van der Waals surface area (Å²) in [5.74, 6) is 0.0451. The molecule has 1 fully saturated rings. The Morgan fingerprint density at radius 1 is 1.38 bits per heavy atom. The minimum atomic E-state index is -3.27. The molecule has 0 aliphatic carbocycles. The molecule has 1 N–H and O–H groups in total. The zero-order valence-corrected chi connectivity index (χ0v) is 8.22. The molecular weight excluding hydrogens is 192 g/mol. The third-order valence-corrected chi connectivity index (χ3v) is 3.04. The van der Waals surface area contributed by atoms with Crippen molar-refractivity contribution in [3.05, 3.63) is 7.05 Å². The summed E-state index contributed by atoms with van der Waals surface area (Å²) in [5, 5.41) is 0. The van der Waals surface area contributed by atoms with Gasteiger partial charge >= 0.3 is 0 Å². The number of sulfonamides is 1. The minimum Gasteiger partial charge on any atom is -0.379 e. The van der Waals surface area contributed by atoms with Gasteiger partial charge in [-0.05, 0) is 0 Å². The van der Waals surface area contributed by atoms with Crippen molar-refractivity contribution < 1.29 is 13.2 Å². The van der Waals surface area contributed by atoms with Crippen LogP contribution in [0.2, 0.25) is 0 Å². The van der Waals surface area contributed by atoms with Crippen molar-refractivity contribution in [2.45, 2.75) is 0 Å². The van der Waals surface area contributed by atoms with Gasteiger partial charge in [-0.2, -0.15) is 0 Å². The van der Waals surface area contributed by atoms with Crippen LogP contribution in [0.4, 0.5) is 0 Å². The lowest BCUT2D eigenvalue weighted by Crippen LogP contribution is -2.40. The van der Waals surface area contributed by atoms with Gasteiger partial charge in [0.2, 0.25) is 10.0 Å². The van der Waals surface area contributed by atoms with Gasteiger partial charge in [-0.1, -0.05) is 0 Å². The molecule has 5 nitrogen and oxygen atoms in total. The average Bonchev–Trinajstić information content (AvgIpc) is 2.17. The zero-order chi connectivity index (χ0) is 9.73. The highest BCUT2D eigenvalue weighted by Crippen LogP contribution is 1.96. The van der Waals surface area contributed by atoms with Crippen molar-refractivity contribution in [2.75, 3.05) is 38.6 Å². The van der Waals surface area contributed by atoms with E-state index in [1.807, 2.05) is 4.90 Å². The third-order valence-electron chi connectivity index (χ3n) is 1.96. The van der Waals surface area contributed by atoms with Gasteiger partial charge in [0, 0.05) is 19.6 Å². The molecule has 0 atom stereocenters. The Morgan fingerprint density at radius 3 is 2.54 bits per heavy atom. The molecule has 0 amide bonds. The second-order valence-corrected chi connectivity index (χ2v) is 4.76. The average molecular weight is 206 g/mol. The van der Waals surface area contributed by atoms with Gasteiger partial charge in [-0.15, -0.1) is 0 Å². The summed E-state index contributed by atoms with van der Waals surface area (Å²) in [6, 6.07) is 0. The standard InChI is InChI=1S/C7H14N2O3S/c1-8-13(10,11)7-4-9-2-5-12-6-3-9/h1,8H,2-7H2. The molecule has 0 unspecified atom stereocenters. The quantitative estimate of drug-likeness (QED) is 0.594. The molecule has 1 saturated heterocycles. The normalized spacial score (nSPS) is 20.4. The largest absolute Gasteiger partial charge is 0.379 e. The van der Waals surface area contributed by atoms with E-state index in [4.69, 9.17) is 11.8 Å². The van der Waals surface area contributed by atoms with Crippen molar-refractivity contribution in [1.29, 1.82) is 0 Å². The van der Waals surface area contributed by atoms with E-state index in [1.54, 1.807) is 4.72 Å². The first-order valence-corrected chi connectivity index (χ1v) is 5.79. The predicted molar refractivity (Wildman–Crippen MR) is 48.5 cm³/mol. The molecule has 2 radical (unpaired) electrons. The highest BCUT2D eigenvalue weighted by Gasteiger charge is 2.13. The van der Waals surface area contributed by atoms with Crippen LogP contribution in [-0.4, -0.2) is 51.9 Å². The highest BCUT2D eigenvalue weighted by atomic mass is 32.2. The summed E-state index contributed by atoms with van der Waals surface area (Å²) in [6.45, 7) is 3.45. The summed E-state index contributed by atoms with van der Waals surface area (Å²) in [4.78, 5) is 2.04.